The first-order valence-corrected chi connectivity index (χ1v) is 13.3. The Morgan fingerprint density at radius 3 is 1.08 bits per heavy atom. The van der Waals surface area contributed by atoms with Gasteiger partial charge < -0.3 is 14.7 Å². The zero-order valence-electron chi connectivity index (χ0n) is 21.3. The van der Waals surface area contributed by atoms with Gasteiger partial charge in [0.25, 0.3) is 0 Å². The molecule has 6 aromatic rings. The third-order valence-electron chi connectivity index (χ3n) is 7.64. The minimum atomic E-state index is 1.14. The van der Waals surface area contributed by atoms with Crippen molar-refractivity contribution in [3.8, 4) is 11.1 Å². The van der Waals surface area contributed by atoms with Crippen LogP contribution in [0, 0.1) is 0 Å². The molecule has 0 N–H and O–H groups in total. The molecule has 0 amide bonds. The quantitative estimate of drug-likeness (QED) is 0.239. The smallest absolute Gasteiger partial charge is 0.0948 e. The fourth-order valence-electron chi connectivity index (χ4n) is 6.00. The monoisotopic (exact) mass is 499 g/mol. The molecule has 2 heterocycles. The van der Waals surface area contributed by atoms with Crippen molar-refractivity contribution in [2.75, 3.05) is 14.7 Å². The summed E-state index contributed by atoms with van der Waals surface area (Å²) in [5, 5.41) is 0. The van der Waals surface area contributed by atoms with E-state index >= 15 is 0 Å². The molecule has 39 heavy (non-hydrogen) atoms. The van der Waals surface area contributed by atoms with Gasteiger partial charge in [-0.25, -0.2) is 0 Å². The van der Waals surface area contributed by atoms with Crippen LogP contribution in [0.2, 0.25) is 0 Å². The summed E-state index contributed by atoms with van der Waals surface area (Å²) < 4.78 is 0. The van der Waals surface area contributed by atoms with Crippen molar-refractivity contribution in [2.45, 2.75) is 0 Å². The normalized spacial score (nSPS) is 13.0. The molecule has 0 unspecified atom stereocenters. The molecule has 6 aromatic carbocycles. The molecule has 0 fully saturated rings. The lowest BCUT2D eigenvalue weighted by Crippen LogP contribution is -2.30. The lowest BCUT2D eigenvalue weighted by atomic mass is 9.95. The van der Waals surface area contributed by atoms with Crippen LogP contribution < -0.4 is 14.7 Å². The molecule has 0 radical (unpaired) electrons. The van der Waals surface area contributed by atoms with Crippen LogP contribution in [0.3, 0.4) is 0 Å². The SMILES string of the molecule is c1ccc(-c2cc3c4c(c2)N(c2ccccc2)c2ccccc2N4c2ccccc2N3c2ccccc2)cc1. The molecule has 0 saturated carbocycles. The molecular formula is C36H25N3. The number of hydrogen-bond acceptors (Lipinski definition) is 3. The van der Waals surface area contributed by atoms with E-state index in [1.54, 1.807) is 0 Å². The Morgan fingerprint density at radius 1 is 0.282 bits per heavy atom. The van der Waals surface area contributed by atoms with Gasteiger partial charge in [0.1, 0.15) is 0 Å². The van der Waals surface area contributed by atoms with Gasteiger partial charge in [-0.15, -0.1) is 0 Å². The summed E-state index contributed by atoms with van der Waals surface area (Å²) in [4.78, 5) is 7.27. The fraction of sp³-hybridized carbons (Fsp3) is 0. The van der Waals surface area contributed by atoms with Crippen LogP contribution in [-0.4, -0.2) is 0 Å². The van der Waals surface area contributed by atoms with Gasteiger partial charge in [-0.1, -0.05) is 91.0 Å². The lowest BCUT2D eigenvalue weighted by molar-refractivity contribution is 1.12. The van der Waals surface area contributed by atoms with Crippen molar-refractivity contribution in [1.29, 1.82) is 0 Å². The maximum Gasteiger partial charge on any atom is 0.0948 e. The Hall–Kier alpha value is -5.28. The predicted octanol–water partition coefficient (Wildman–Crippen LogP) is 10.4. The number of para-hydroxylation sites is 6. The molecule has 0 spiro atoms. The molecule has 0 atom stereocenters. The number of rotatable bonds is 3. The van der Waals surface area contributed by atoms with Crippen molar-refractivity contribution < 1.29 is 0 Å². The minimum Gasteiger partial charge on any atom is -0.306 e. The van der Waals surface area contributed by atoms with Crippen molar-refractivity contribution >= 4 is 51.2 Å². The van der Waals surface area contributed by atoms with E-state index in [-0.39, 0.29) is 0 Å². The highest BCUT2D eigenvalue weighted by molar-refractivity contribution is 6.13. The molecule has 3 nitrogen and oxygen atoms in total. The number of anilines is 9. The number of fused-ring (bicyclic) bond motifs is 4. The van der Waals surface area contributed by atoms with Crippen LogP contribution in [-0.2, 0) is 0 Å². The Balaban J connectivity index is 1.51. The zero-order valence-corrected chi connectivity index (χ0v) is 21.3. The van der Waals surface area contributed by atoms with E-state index in [2.05, 4.69) is 166 Å². The van der Waals surface area contributed by atoms with E-state index in [4.69, 9.17) is 0 Å². The molecule has 2 aliphatic heterocycles. The molecule has 3 heteroatoms. The Kier molecular flexibility index (Phi) is 4.82. The molecular weight excluding hydrogens is 474 g/mol. The average molecular weight is 500 g/mol. The molecule has 0 aromatic heterocycles. The third-order valence-corrected chi connectivity index (χ3v) is 7.64. The maximum atomic E-state index is 2.45. The number of benzene rings is 6. The summed E-state index contributed by atoms with van der Waals surface area (Å²) in [6.45, 7) is 0. The van der Waals surface area contributed by atoms with Gasteiger partial charge in [0.2, 0.25) is 0 Å². The molecule has 184 valence electrons. The highest BCUT2D eigenvalue weighted by atomic mass is 15.3. The zero-order chi connectivity index (χ0) is 25.8. The Labute approximate surface area is 228 Å². The molecule has 8 rings (SSSR count). The van der Waals surface area contributed by atoms with Crippen molar-refractivity contribution in [3.05, 3.63) is 152 Å². The first kappa shape index (κ1) is 21.8. The van der Waals surface area contributed by atoms with Gasteiger partial charge in [0.15, 0.2) is 0 Å². The highest BCUT2D eigenvalue weighted by Gasteiger charge is 2.39. The van der Waals surface area contributed by atoms with Crippen molar-refractivity contribution in [3.63, 3.8) is 0 Å². The van der Waals surface area contributed by atoms with E-state index in [1.165, 1.54) is 28.2 Å². The number of nitrogens with zero attached hydrogens (tertiary/aromatic N) is 3. The summed E-state index contributed by atoms with van der Waals surface area (Å²) in [6, 6.07) is 54.2. The summed E-state index contributed by atoms with van der Waals surface area (Å²) >= 11 is 0. The van der Waals surface area contributed by atoms with E-state index in [0.717, 1.165) is 34.1 Å². The van der Waals surface area contributed by atoms with Crippen molar-refractivity contribution in [2.24, 2.45) is 0 Å². The van der Waals surface area contributed by atoms with Gasteiger partial charge in [-0.2, -0.15) is 0 Å². The highest BCUT2D eigenvalue weighted by Crippen LogP contribution is 2.63. The summed E-state index contributed by atoms with van der Waals surface area (Å²) in [6.07, 6.45) is 0. The largest absolute Gasteiger partial charge is 0.306 e. The second kappa shape index (κ2) is 8.64. The Bertz CT molecular complexity index is 1700. The molecule has 0 aliphatic carbocycles. The fourth-order valence-corrected chi connectivity index (χ4v) is 6.00. The molecule has 2 aliphatic rings. The van der Waals surface area contributed by atoms with Crippen LogP contribution in [0.15, 0.2) is 152 Å². The number of hydrogen-bond donors (Lipinski definition) is 0. The topological polar surface area (TPSA) is 9.72 Å². The van der Waals surface area contributed by atoms with E-state index < -0.39 is 0 Å². The summed E-state index contributed by atoms with van der Waals surface area (Å²) in [5.74, 6) is 0. The third kappa shape index (κ3) is 3.30. The molecule has 0 saturated heterocycles. The second-order valence-corrected chi connectivity index (χ2v) is 9.88. The van der Waals surface area contributed by atoms with Gasteiger partial charge in [0, 0.05) is 11.4 Å². The standard InChI is InChI=1S/C36H25N3/c1-4-14-26(15-5-1)27-24-34-36-35(25-27)38(29-18-8-3-9-19-29)31-21-11-13-23-33(31)39(36)32-22-12-10-20-30(32)37(34)28-16-6-2-7-17-28/h1-25H. The van der Waals surface area contributed by atoms with E-state index in [9.17, 15) is 0 Å². The van der Waals surface area contributed by atoms with Crippen LogP contribution in [0.25, 0.3) is 11.1 Å². The summed E-state index contributed by atoms with van der Waals surface area (Å²) in [7, 11) is 0. The Morgan fingerprint density at radius 2 is 0.641 bits per heavy atom. The van der Waals surface area contributed by atoms with Crippen LogP contribution >= 0.6 is 0 Å². The van der Waals surface area contributed by atoms with Gasteiger partial charge in [0.05, 0.1) is 39.8 Å². The van der Waals surface area contributed by atoms with Gasteiger partial charge in [-0.05, 0) is 71.8 Å². The van der Waals surface area contributed by atoms with Crippen LogP contribution in [0.4, 0.5) is 51.2 Å². The first-order valence-electron chi connectivity index (χ1n) is 13.3. The van der Waals surface area contributed by atoms with E-state index in [1.807, 2.05) is 0 Å². The minimum absolute atomic E-state index is 1.14. The second-order valence-electron chi connectivity index (χ2n) is 9.88. The van der Waals surface area contributed by atoms with Crippen LogP contribution in [0.5, 0.6) is 0 Å². The van der Waals surface area contributed by atoms with E-state index in [0.29, 0.717) is 0 Å². The summed E-state index contributed by atoms with van der Waals surface area (Å²) in [5.41, 5.74) is 12.8. The lowest BCUT2D eigenvalue weighted by Gasteiger charge is -2.47. The first-order chi connectivity index (χ1) is 19.4. The average Bonchev–Trinajstić information content (AvgIpc) is 3.02. The van der Waals surface area contributed by atoms with Crippen molar-refractivity contribution in [1.82, 2.24) is 0 Å². The van der Waals surface area contributed by atoms with Crippen LogP contribution in [0.1, 0.15) is 0 Å². The maximum absolute atomic E-state index is 2.45. The molecule has 0 bridgehead atoms. The van der Waals surface area contributed by atoms with Gasteiger partial charge >= 0.3 is 0 Å². The predicted molar refractivity (Wildman–Crippen MR) is 163 cm³/mol. The van der Waals surface area contributed by atoms with Gasteiger partial charge in [-0.3, -0.25) is 0 Å².